The van der Waals surface area contributed by atoms with Crippen molar-refractivity contribution in [1.29, 1.82) is 0 Å². The number of halogens is 2. The van der Waals surface area contributed by atoms with Gasteiger partial charge in [0.25, 0.3) is 0 Å². The number of aromatic nitrogens is 2. The van der Waals surface area contributed by atoms with E-state index in [2.05, 4.69) is 10.2 Å². The van der Waals surface area contributed by atoms with E-state index in [-0.39, 0.29) is 0 Å². The molecule has 0 atom stereocenters. The summed E-state index contributed by atoms with van der Waals surface area (Å²) >= 11 is 12.3. The van der Waals surface area contributed by atoms with Crippen molar-refractivity contribution in [1.82, 2.24) is 10.2 Å². The predicted molar refractivity (Wildman–Crippen MR) is 71.8 cm³/mol. The van der Waals surface area contributed by atoms with Crippen LogP contribution in [-0.4, -0.2) is 24.3 Å². The lowest BCUT2D eigenvalue weighted by Crippen LogP contribution is -2.11. The van der Waals surface area contributed by atoms with Crippen LogP contribution in [0, 0.1) is 0 Å². The van der Waals surface area contributed by atoms with Crippen LogP contribution in [0.1, 0.15) is 0 Å². The Morgan fingerprint density at radius 3 is 2.24 bits per heavy atom. The van der Waals surface area contributed by atoms with E-state index in [0.29, 0.717) is 21.6 Å². The highest BCUT2D eigenvalue weighted by Gasteiger charge is 2.16. The third kappa shape index (κ3) is 2.35. The highest BCUT2D eigenvalue weighted by Crippen LogP contribution is 2.36. The maximum absolute atomic E-state index is 6.31. The molecule has 0 radical (unpaired) electrons. The smallest absolute Gasteiger partial charge is 0.176 e. The summed E-state index contributed by atoms with van der Waals surface area (Å²) in [4.78, 5) is 1.83. The van der Waals surface area contributed by atoms with Gasteiger partial charge in [-0.3, -0.25) is 0 Å². The fraction of sp³-hybridized carbons (Fsp3) is 0.167. The second-order valence-corrected chi connectivity index (χ2v) is 4.50. The van der Waals surface area contributed by atoms with Gasteiger partial charge in [-0.1, -0.05) is 53.5 Å². The summed E-state index contributed by atoms with van der Waals surface area (Å²) in [5.74, 6) is 0. The molecule has 0 aliphatic heterocycles. The summed E-state index contributed by atoms with van der Waals surface area (Å²) in [6.07, 6.45) is 0. The second-order valence-electron chi connectivity index (χ2n) is 3.76. The number of rotatable bonds is 2. The molecule has 2 aromatic rings. The van der Waals surface area contributed by atoms with Gasteiger partial charge >= 0.3 is 0 Å². The molecule has 0 fully saturated rings. The highest BCUT2D eigenvalue weighted by molar-refractivity contribution is 6.39. The molecule has 0 unspecified atom stereocenters. The van der Waals surface area contributed by atoms with Gasteiger partial charge in [0.15, 0.2) is 5.15 Å². The number of nitrogens with zero attached hydrogens (tertiary/aromatic N) is 3. The molecule has 0 spiro atoms. The maximum atomic E-state index is 6.31. The zero-order valence-electron chi connectivity index (χ0n) is 9.48. The highest BCUT2D eigenvalue weighted by atomic mass is 35.5. The van der Waals surface area contributed by atoms with Crippen molar-refractivity contribution >= 4 is 28.9 Å². The second kappa shape index (κ2) is 4.90. The van der Waals surface area contributed by atoms with Gasteiger partial charge in [0.1, 0.15) is 5.69 Å². The number of benzene rings is 1. The Bertz CT molecular complexity index is 527. The van der Waals surface area contributed by atoms with E-state index >= 15 is 0 Å². The van der Waals surface area contributed by atoms with Crippen LogP contribution in [0.4, 0.5) is 5.69 Å². The summed E-state index contributed by atoms with van der Waals surface area (Å²) < 4.78 is 0. The van der Waals surface area contributed by atoms with E-state index in [1.54, 1.807) is 0 Å². The molecule has 0 bridgehead atoms. The maximum Gasteiger partial charge on any atom is 0.176 e. The first-order chi connectivity index (χ1) is 8.11. The monoisotopic (exact) mass is 267 g/mol. The quantitative estimate of drug-likeness (QED) is 0.834. The Morgan fingerprint density at radius 1 is 1.00 bits per heavy atom. The Labute approximate surface area is 110 Å². The molecular formula is C12H11Cl2N3. The van der Waals surface area contributed by atoms with Gasteiger partial charge in [-0.05, 0) is 0 Å². The molecule has 0 saturated heterocycles. The van der Waals surface area contributed by atoms with Crippen LogP contribution in [0.5, 0.6) is 0 Å². The van der Waals surface area contributed by atoms with E-state index < -0.39 is 0 Å². The molecule has 1 heterocycles. The Morgan fingerprint density at radius 2 is 1.65 bits per heavy atom. The van der Waals surface area contributed by atoms with Gasteiger partial charge in [0, 0.05) is 19.7 Å². The van der Waals surface area contributed by atoms with Crippen molar-refractivity contribution in [3.63, 3.8) is 0 Å². The van der Waals surface area contributed by atoms with Crippen LogP contribution in [0.25, 0.3) is 11.3 Å². The number of anilines is 1. The summed E-state index contributed by atoms with van der Waals surface area (Å²) in [6.45, 7) is 0. The normalized spacial score (nSPS) is 10.4. The molecule has 0 aliphatic rings. The molecule has 0 aliphatic carbocycles. The molecule has 1 aromatic heterocycles. The van der Waals surface area contributed by atoms with Crippen LogP contribution < -0.4 is 4.90 Å². The molecule has 0 amide bonds. The van der Waals surface area contributed by atoms with Crippen LogP contribution in [-0.2, 0) is 0 Å². The summed E-state index contributed by atoms with van der Waals surface area (Å²) in [7, 11) is 3.73. The van der Waals surface area contributed by atoms with Crippen molar-refractivity contribution in [2.75, 3.05) is 19.0 Å². The van der Waals surface area contributed by atoms with Gasteiger partial charge in [0.05, 0.1) is 10.7 Å². The summed E-state index contributed by atoms with van der Waals surface area (Å²) in [6, 6.07) is 9.66. The molecule has 0 N–H and O–H groups in total. The molecule has 88 valence electrons. The van der Waals surface area contributed by atoms with Crippen molar-refractivity contribution in [2.24, 2.45) is 0 Å². The molecule has 1 aromatic carbocycles. The first kappa shape index (κ1) is 12.1. The molecular weight excluding hydrogens is 257 g/mol. The average molecular weight is 268 g/mol. The van der Waals surface area contributed by atoms with Gasteiger partial charge in [-0.25, -0.2) is 0 Å². The zero-order valence-corrected chi connectivity index (χ0v) is 11.0. The minimum absolute atomic E-state index is 0.305. The van der Waals surface area contributed by atoms with E-state index in [0.717, 1.165) is 5.56 Å². The van der Waals surface area contributed by atoms with Gasteiger partial charge in [-0.15, -0.1) is 10.2 Å². The number of hydrogen-bond donors (Lipinski definition) is 0. The molecule has 2 rings (SSSR count). The lowest BCUT2D eigenvalue weighted by atomic mass is 10.1. The van der Waals surface area contributed by atoms with E-state index in [1.807, 2.05) is 49.3 Å². The third-order valence-corrected chi connectivity index (χ3v) is 2.96. The largest absolute Gasteiger partial charge is 0.374 e. The Hall–Kier alpha value is -1.32. The number of hydrogen-bond acceptors (Lipinski definition) is 3. The Balaban J connectivity index is 2.62. The Kier molecular flexibility index (Phi) is 3.50. The predicted octanol–water partition coefficient (Wildman–Crippen LogP) is 3.52. The van der Waals surface area contributed by atoms with E-state index in [1.165, 1.54) is 0 Å². The first-order valence-corrected chi connectivity index (χ1v) is 5.81. The van der Waals surface area contributed by atoms with Crippen molar-refractivity contribution < 1.29 is 0 Å². The minimum atomic E-state index is 0.305. The third-order valence-electron chi connectivity index (χ3n) is 2.34. The topological polar surface area (TPSA) is 29.0 Å². The van der Waals surface area contributed by atoms with Crippen LogP contribution >= 0.6 is 23.2 Å². The van der Waals surface area contributed by atoms with Crippen LogP contribution in [0.2, 0.25) is 10.2 Å². The molecule has 0 saturated carbocycles. The molecule has 5 heteroatoms. The average Bonchev–Trinajstić information content (AvgIpc) is 2.30. The molecule has 3 nitrogen and oxygen atoms in total. The SMILES string of the molecule is CN(C)c1c(Cl)nnc(-c2ccccc2)c1Cl. The lowest BCUT2D eigenvalue weighted by molar-refractivity contribution is 1.01. The fourth-order valence-electron chi connectivity index (χ4n) is 1.55. The standard InChI is InChI=1S/C12H11Cl2N3/c1-17(2)11-9(13)10(15-16-12(11)14)8-6-4-3-5-7-8/h3-7H,1-2H3. The summed E-state index contributed by atoms with van der Waals surface area (Å²) in [5.41, 5.74) is 2.24. The van der Waals surface area contributed by atoms with E-state index in [4.69, 9.17) is 23.2 Å². The van der Waals surface area contributed by atoms with E-state index in [9.17, 15) is 0 Å². The van der Waals surface area contributed by atoms with Crippen LogP contribution in [0.3, 0.4) is 0 Å². The van der Waals surface area contributed by atoms with Gasteiger partial charge < -0.3 is 4.90 Å². The van der Waals surface area contributed by atoms with Crippen molar-refractivity contribution in [3.05, 3.63) is 40.5 Å². The molecule has 17 heavy (non-hydrogen) atoms. The van der Waals surface area contributed by atoms with Crippen molar-refractivity contribution in [2.45, 2.75) is 0 Å². The zero-order chi connectivity index (χ0) is 12.4. The van der Waals surface area contributed by atoms with Gasteiger partial charge in [-0.2, -0.15) is 0 Å². The van der Waals surface area contributed by atoms with Crippen LogP contribution in [0.15, 0.2) is 30.3 Å². The first-order valence-electron chi connectivity index (χ1n) is 5.05. The van der Waals surface area contributed by atoms with Crippen molar-refractivity contribution in [3.8, 4) is 11.3 Å². The van der Waals surface area contributed by atoms with Gasteiger partial charge in [0.2, 0.25) is 0 Å². The fourth-order valence-corrected chi connectivity index (χ4v) is 2.30. The summed E-state index contributed by atoms with van der Waals surface area (Å²) in [5, 5.41) is 8.80. The lowest BCUT2D eigenvalue weighted by Gasteiger charge is -2.16. The minimum Gasteiger partial charge on any atom is -0.374 e.